The zero-order chi connectivity index (χ0) is 12.0. The molecule has 1 spiro atoms. The molecule has 1 unspecified atom stereocenters. The predicted molar refractivity (Wildman–Crippen MR) is 70.5 cm³/mol. The van der Waals surface area contributed by atoms with Gasteiger partial charge < -0.3 is 4.90 Å². The molecule has 1 aliphatic carbocycles. The molecule has 1 aliphatic heterocycles. The summed E-state index contributed by atoms with van der Waals surface area (Å²) in [5.74, 6) is 0.288. The highest BCUT2D eigenvalue weighted by atomic mass is 79.9. The zero-order valence-corrected chi connectivity index (χ0v) is 11.3. The van der Waals surface area contributed by atoms with E-state index in [9.17, 15) is 4.79 Å². The molecule has 2 aliphatic rings. The highest BCUT2D eigenvalue weighted by Crippen LogP contribution is 2.60. The van der Waals surface area contributed by atoms with Crippen LogP contribution in [0, 0.1) is 5.41 Å². The van der Waals surface area contributed by atoms with Crippen molar-refractivity contribution in [3.05, 3.63) is 46.6 Å². The molecule has 1 atom stereocenters. The van der Waals surface area contributed by atoms with Gasteiger partial charge in [0.2, 0.25) is 0 Å². The molecular weight excluding hydrogens is 278 g/mol. The van der Waals surface area contributed by atoms with Gasteiger partial charge in [-0.15, -0.1) is 0 Å². The van der Waals surface area contributed by atoms with E-state index in [1.54, 1.807) is 6.08 Å². The molecule has 0 radical (unpaired) electrons. The summed E-state index contributed by atoms with van der Waals surface area (Å²) >= 11 is 3.60. The van der Waals surface area contributed by atoms with Crippen LogP contribution < -0.4 is 0 Å². The van der Waals surface area contributed by atoms with Gasteiger partial charge in [-0.25, -0.2) is 0 Å². The molecule has 1 saturated carbocycles. The molecule has 2 nitrogen and oxygen atoms in total. The lowest BCUT2D eigenvalue weighted by Crippen LogP contribution is -2.36. The summed E-state index contributed by atoms with van der Waals surface area (Å²) in [4.78, 5) is 14.3. The van der Waals surface area contributed by atoms with Gasteiger partial charge in [0.15, 0.2) is 5.78 Å². The van der Waals surface area contributed by atoms with Gasteiger partial charge in [0.25, 0.3) is 0 Å². The van der Waals surface area contributed by atoms with Crippen LogP contribution in [0.3, 0.4) is 0 Å². The van der Waals surface area contributed by atoms with Crippen LogP contribution in [0.15, 0.2) is 41.0 Å². The van der Waals surface area contributed by atoms with Crippen LogP contribution in [0.2, 0.25) is 0 Å². The van der Waals surface area contributed by atoms with Crippen LogP contribution in [-0.4, -0.2) is 17.7 Å². The summed E-state index contributed by atoms with van der Waals surface area (Å²) in [5, 5.41) is 0. The summed E-state index contributed by atoms with van der Waals surface area (Å²) in [7, 11) is 2.05. The van der Waals surface area contributed by atoms with Crippen molar-refractivity contribution >= 4 is 21.7 Å². The Bertz CT molecular complexity index is 505. The van der Waals surface area contributed by atoms with Crippen molar-refractivity contribution in [2.75, 3.05) is 7.05 Å². The number of allylic oxidation sites excluding steroid dienone is 1. The van der Waals surface area contributed by atoms with Gasteiger partial charge in [-0.05, 0) is 30.5 Å². The normalized spacial score (nSPS) is 25.4. The number of benzene rings is 1. The fourth-order valence-corrected chi connectivity index (χ4v) is 3.33. The number of halogens is 1. The average Bonchev–Trinajstić information content (AvgIpc) is 3.09. The Morgan fingerprint density at radius 3 is 2.71 bits per heavy atom. The van der Waals surface area contributed by atoms with Crippen molar-refractivity contribution in [3.63, 3.8) is 0 Å². The van der Waals surface area contributed by atoms with Crippen LogP contribution in [0.4, 0.5) is 0 Å². The minimum atomic E-state index is -0.159. The van der Waals surface area contributed by atoms with Crippen LogP contribution in [-0.2, 0) is 4.79 Å². The molecule has 3 rings (SSSR count). The van der Waals surface area contributed by atoms with Gasteiger partial charge in [-0.1, -0.05) is 34.1 Å². The van der Waals surface area contributed by atoms with E-state index in [0.29, 0.717) is 0 Å². The molecule has 0 saturated heterocycles. The fraction of sp³-hybridized carbons (Fsp3) is 0.357. The average molecular weight is 292 g/mol. The molecule has 0 bridgehead atoms. The van der Waals surface area contributed by atoms with Crippen LogP contribution in [0.25, 0.3) is 0 Å². The number of carbonyl (C=O) groups is 1. The van der Waals surface area contributed by atoms with E-state index in [4.69, 9.17) is 0 Å². The summed E-state index contributed by atoms with van der Waals surface area (Å²) in [5.41, 5.74) is 1.05. The molecular formula is C14H14BrNO. The molecule has 1 heterocycles. The summed E-state index contributed by atoms with van der Waals surface area (Å²) in [6.07, 6.45) is 5.63. The zero-order valence-electron chi connectivity index (χ0n) is 9.69. The smallest absolute Gasteiger partial charge is 0.165 e. The molecule has 88 valence electrons. The Morgan fingerprint density at radius 2 is 2.06 bits per heavy atom. The first-order valence-electron chi connectivity index (χ1n) is 5.84. The van der Waals surface area contributed by atoms with Crippen molar-refractivity contribution in [2.45, 2.75) is 18.9 Å². The van der Waals surface area contributed by atoms with Gasteiger partial charge in [0, 0.05) is 17.7 Å². The topological polar surface area (TPSA) is 20.3 Å². The Labute approximate surface area is 109 Å². The molecule has 1 aromatic carbocycles. The van der Waals surface area contributed by atoms with Crippen LogP contribution in [0.5, 0.6) is 0 Å². The van der Waals surface area contributed by atoms with Crippen molar-refractivity contribution in [3.8, 4) is 0 Å². The second kappa shape index (κ2) is 3.70. The summed E-state index contributed by atoms with van der Waals surface area (Å²) in [6.45, 7) is 0. The third-order valence-electron chi connectivity index (χ3n) is 3.87. The third-order valence-corrected chi connectivity index (χ3v) is 4.59. The third kappa shape index (κ3) is 1.56. The maximum atomic E-state index is 12.1. The molecule has 0 amide bonds. The standard InChI is InChI=1S/C14H14BrNO/c1-16-9-6-12(17)14(7-8-14)13(16)10-4-2-3-5-11(10)15/h2-6,9,13H,7-8H2,1H3. The van der Waals surface area contributed by atoms with Crippen molar-refractivity contribution in [1.29, 1.82) is 0 Å². The SMILES string of the molecule is CN1C=CC(=O)C2(CC2)C1c1ccccc1Br. The molecule has 1 fully saturated rings. The van der Waals surface area contributed by atoms with Crippen LogP contribution in [0.1, 0.15) is 24.4 Å². The first-order chi connectivity index (χ1) is 8.15. The lowest BCUT2D eigenvalue weighted by Gasteiger charge is -2.37. The predicted octanol–water partition coefficient (Wildman–Crippen LogP) is 3.30. The highest BCUT2D eigenvalue weighted by molar-refractivity contribution is 9.10. The number of hydrogen-bond acceptors (Lipinski definition) is 2. The molecule has 1 aromatic rings. The first-order valence-corrected chi connectivity index (χ1v) is 6.63. The Kier molecular flexibility index (Phi) is 2.40. The van der Waals surface area contributed by atoms with E-state index in [1.165, 1.54) is 5.56 Å². The Balaban J connectivity index is 2.10. The fourth-order valence-electron chi connectivity index (χ4n) is 2.83. The Hall–Kier alpha value is -1.09. The van der Waals surface area contributed by atoms with Crippen molar-refractivity contribution in [1.82, 2.24) is 4.90 Å². The Morgan fingerprint density at radius 1 is 1.35 bits per heavy atom. The number of ketones is 1. The van der Waals surface area contributed by atoms with Gasteiger partial charge >= 0.3 is 0 Å². The molecule has 17 heavy (non-hydrogen) atoms. The van der Waals surface area contributed by atoms with E-state index < -0.39 is 0 Å². The van der Waals surface area contributed by atoms with Gasteiger partial charge in [0.05, 0.1) is 11.5 Å². The maximum Gasteiger partial charge on any atom is 0.165 e. The molecule has 0 aromatic heterocycles. The quantitative estimate of drug-likeness (QED) is 0.791. The maximum absolute atomic E-state index is 12.1. The summed E-state index contributed by atoms with van der Waals surface area (Å²) in [6, 6.07) is 8.37. The van der Waals surface area contributed by atoms with E-state index in [0.717, 1.165) is 17.3 Å². The number of nitrogens with zero attached hydrogens (tertiary/aromatic N) is 1. The lowest BCUT2D eigenvalue weighted by molar-refractivity contribution is -0.122. The first kappa shape index (κ1) is 11.0. The van der Waals surface area contributed by atoms with Crippen molar-refractivity contribution < 1.29 is 4.79 Å². The molecule has 3 heteroatoms. The van der Waals surface area contributed by atoms with E-state index >= 15 is 0 Å². The van der Waals surface area contributed by atoms with Gasteiger partial charge in [0.1, 0.15) is 0 Å². The monoisotopic (exact) mass is 291 g/mol. The van der Waals surface area contributed by atoms with E-state index in [2.05, 4.69) is 26.9 Å². The minimum absolute atomic E-state index is 0.159. The highest BCUT2D eigenvalue weighted by Gasteiger charge is 2.57. The number of rotatable bonds is 1. The van der Waals surface area contributed by atoms with Crippen LogP contribution >= 0.6 is 15.9 Å². The van der Waals surface area contributed by atoms with Gasteiger partial charge in [-0.3, -0.25) is 4.79 Å². The minimum Gasteiger partial charge on any atom is -0.372 e. The van der Waals surface area contributed by atoms with E-state index in [1.807, 2.05) is 31.4 Å². The summed E-state index contributed by atoms with van der Waals surface area (Å²) < 4.78 is 1.09. The van der Waals surface area contributed by atoms with Gasteiger partial charge in [-0.2, -0.15) is 0 Å². The second-order valence-corrected chi connectivity index (χ2v) is 5.78. The van der Waals surface area contributed by atoms with E-state index in [-0.39, 0.29) is 17.2 Å². The number of carbonyl (C=O) groups excluding carboxylic acids is 1. The second-order valence-electron chi connectivity index (χ2n) is 4.93. The van der Waals surface area contributed by atoms with Crippen molar-refractivity contribution in [2.24, 2.45) is 5.41 Å². The largest absolute Gasteiger partial charge is 0.372 e. The molecule has 0 N–H and O–H groups in total. The number of hydrogen-bond donors (Lipinski definition) is 0. The lowest BCUT2D eigenvalue weighted by atomic mass is 9.83.